The van der Waals surface area contributed by atoms with E-state index in [0.717, 1.165) is 42.9 Å². The Kier molecular flexibility index (Phi) is 5.53. The van der Waals surface area contributed by atoms with E-state index < -0.39 is 0 Å². The second-order valence-electron chi connectivity index (χ2n) is 7.10. The van der Waals surface area contributed by atoms with E-state index in [4.69, 9.17) is 9.84 Å². The van der Waals surface area contributed by atoms with E-state index in [1.54, 1.807) is 0 Å². The van der Waals surface area contributed by atoms with Crippen LogP contribution < -0.4 is 5.32 Å². The molecule has 0 spiro atoms. The Morgan fingerprint density at radius 3 is 2.76 bits per heavy atom. The van der Waals surface area contributed by atoms with Gasteiger partial charge in [0.05, 0.1) is 28.7 Å². The van der Waals surface area contributed by atoms with Crippen molar-refractivity contribution in [1.82, 2.24) is 15.1 Å². The number of hydrogen-bond acceptors (Lipinski definition) is 3. The molecule has 1 fully saturated rings. The number of para-hydroxylation sites is 1. The molecule has 0 saturated carbocycles. The largest absolute Gasteiger partial charge is 0.376 e. The van der Waals surface area contributed by atoms with Gasteiger partial charge in [-0.05, 0) is 44.2 Å². The molecule has 1 aromatic heterocycles. The van der Waals surface area contributed by atoms with E-state index in [1.165, 1.54) is 0 Å². The number of benzene rings is 1. The summed E-state index contributed by atoms with van der Waals surface area (Å²) in [6.45, 7) is 7.61. The number of nitrogens with one attached hydrogen (secondary N) is 1. The molecule has 0 aliphatic carbocycles. The highest BCUT2D eigenvalue weighted by atomic mass is 16.5. The Balaban J connectivity index is 1.87. The van der Waals surface area contributed by atoms with Gasteiger partial charge in [0, 0.05) is 13.2 Å². The molecule has 1 aliphatic heterocycles. The zero-order valence-corrected chi connectivity index (χ0v) is 15.3. The Bertz CT molecular complexity index is 716. The second-order valence-corrected chi connectivity index (χ2v) is 7.10. The van der Waals surface area contributed by atoms with Crippen molar-refractivity contribution >= 4 is 5.91 Å². The van der Waals surface area contributed by atoms with Crippen molar-refractivity contribution in [2.24, 2.45) is 5.92 Å². The van der Waals surface area contributed by atoms with Gasteiger partial charge in [-0.25, -0.2) is 4.68 Å². The Morgan fingerprint density at radius 1 is 1.36 bits per heavy atom. The average molecular weight is 341 g/mol. The summed E-state index contributed by atoms with van der Waals surface area (Å²) < 4.78 is 7.48. The first-order valence-corrected chi connectivity index (χ1v) is 9.10. The quantitative estimate of drug-likeness (QED) is 0.877. The van der Waals surface area contributed by atoms with Gasteiger partial charge in [-0.1, -0.05) is 32.0 Å². The predicted molar refractivity (Wildman–Crippen MR) is 98.2 cm³/mol. The first-order valence-electron chi connectivity index (χ1n) is 9.10. The molecule has 0 bridgehead atoms. The fourth-order valence-electron chi connectivity index (χ4n) is 3.31. The van der Waals surface area contributed by atoms with Crippen molar-refractivity contribution in [3.8, 4) is 5.69 Å². The van der Waals surface area contributed by atoms with Crippen LogP contribution in [-0.2, 0) is 11.2 Å². The van der Waals surface area contributed by atoms with Crippen LogP contribution in [0, 0.1) is 12.8 Å². The molecule has 3 rings (SSSR count). The summed E-state index contributed by atoms with van der Waals surface area (Å²) in [5.41, 5.74) is 3.42. The molecule has 25 heavy (non-hydrogen) atoms. The topological polar surface area (TPSA) is 56.1 Å². The van der Waals surface area contributed by atoms with Gasteiger partial charge >= 0.3 is 0 Å². The average Bonchev–Trinajstić information content (AvgIpc) is 3.21. The van der Waals surface area contributed by atoms with Crippen LogP contribution in [0.25, 0.3) is 5.69 Å². The number of rotatable bonds is 6. The van der Waals surface area contributed by atoms with Gasteiger partial charge in [-0.2, -0.15) is 5.10 Å². The molecule has 1 saturated heterocycles. The van der Waals surface area contributed by atoms with Gasteiger partial charge < -0.3 is 10.1 Å². The highest BCUT2D eigenvalue weighted by molar-refractivity contribution is 5.96. The molecule has 5 nitrogen and oxygen atoms in total. The fourth-order valence-corrected chi connectivity index (χ4v) is 3.31. The third-order valence-electron chi connectivity index (χ3n) is 4.53. The predicted octanol–water partition coefficient (Wildman–Crippen LogP) is 3.29. The highest BCUT2D eigenvalue weighted by Gasteiger charge is 2.24. The van der Waals surface area contributed by atoms with Crippen LogP contribution >= 0.6 is 0 Å². The van der Waals surface area contributed by atoms with Crippen LogP contribution in [0.4, 0.5) is 0 Å². The van der Waals surface area contributed by atoms with Gasteiger partial charge in [0.25, 0.3) is 5.91 Å². The van der Waals surface area contributed by atoms with E-state index in [-0.39, 0.29) is 12.0 Å². The molecule has 1 aromatic carbocycles. The van der Waals surface area contributed by atoms with Gasteiger partial charge in [0.1, 0.15) is 0 Å². The maximum atomic E-state index is 12.8. The maximum Gasteiger partial charge on any atom is 0.255 e. The van der Waals surface area contributed by atoms with E-state index in [9.17, 15) is 4.79 Å². The Hall–Kier alpha value is -2.14. The van der Waals surface area contributed by atoms with Crippen molar-refractivity contribution < 1.29 is 9.53 Å². The molecule has 134 valence electrons. The van der Waals surface area contributed by atoms with E-state index in [2.05, 4.69) is 19.2 Å². The van der Waals surface area contributed by atoms with Crippen LogP contribution in [0.3, 0.4) is 0 Å². The van der Waals surface area contributed by atoms with Crippen molar-refractivity contribution in [2.75, 3.05) is 13.2 Å². The summed E-state index contributed by atoms with van der Waals surface area (Å²) in [4.78, 5) is 12.8. The molecule has 1 atom stereocenters. The molecule has 1 amide bonds. The molecular formula is C20H27N3O2. The van der Waals surface area contributed by atoms with Crippen LogP contribution in [0.1, 0.15) is 48.4 Å². The third-order valence-corrected chi connectivity index (χ3v) is 4.53. The number of amides is 1. The van der Waals surface area contributed by atoms with Crippen LogP contribution in [0.2, 0.25) is 0 Å². The lowest BCUT2D eigenvalue weighted by atomic mass is 10.0. The number of carbonyl (C=O) groups is 1. The van der Waals surface area contributed by atoms with E-state index in [1.807, 2.05) is 41.9 Å². The first-order chi connectivity index (χ1) is 12.1. The minimum Gasteiger partial charge on any atom is -0.376 e. The summed E-state index contributed by atoms with van der Waals surface area (Å²) in [5, 5.41) is 7.79. The molecule has 1 unspecified atom stereocenters. The molecule has 2 aromatic rings. The summed E-state index contributed by atoms with van der Waals surface area (Å²) >= 11 is 0. The summed E-state index contributed by atoms with van der Waals surface area (Å²) in [6, 6.07) is 9.96. The van der Waals surface area contributed by atoms with Crippen LogP contribution in [-0.4, -0.2) is 34.9 Å². The van der Waals surface area contributed by atoms with Gasteiger partial charge in [-0.3, -0.25) is 4.79 Å². The van der Waals surface area contributed by atoms with Crippen LogP contribution in [0.15, 0.2) is 30.3 Å². The molecule has 0 radical (unpaired) electrons. The zero-order valence-electron chi connectivity index (χ0n) is 15.3. The van der Waals surface area contributed by atoms with Gasteiger partial charge in [0.2, 0.25) is 0 Å². The summed E-state index contributed by atoms with van der Waals surface area (Å²) in [7, 11) is 0. The second kappa shape index (κ2) is 7.83. The van der Waals surface area contributed by atoms with Gasteiger partial charge in [0.15, 0.2) is 0 Å². The highest BCUT2D eigenvalue weighted by Crippen LogP contribution is 2.21. The number of ether oxygens (including phenoxy) is 1. The van der Waals surface area contributed by atoms with E-state index >= 15 is 0 Å². The smallest absolute Gasteiger partial charge is 0.255 e. The Labute approximate surface area is 149 Å². The standard InChI is InChI=1S/C20H27N3O2/c1-14(2)12-18-19(20(24)21-13-17-10-7-11-25-17)15(3)23(22-18)16-8-5-4-6-9-16/h4-6,8-9,14,17H,7,10-13H2,1-3H3,(H,21,24). The normalized spacial score (nSPS) is 17.2. The minimum atomic E-state index is -0.0502. The van der Waals surface area contributed by atoms with Crippen molar-refractivity contribution in [3.63, 3.8) is 0 Å². The number of nitrogens with zero attached hydrogens (tertiary/aromatic N) is 2. The lowest BCUT2D eigenvalue weighted by Crippen LogP contribution is -2.32. The van der Waals surface area contributed by atoms with Crippen LogP contribution in [0.5, 0.6) is 0 Å². The lowest BCUT2D eigenvalue weighted by molar-refractivity contribution is 0.0856. The maximum absolute atomic E-state index is 12.8. The SMILES string of the molecule is Cc1c(C(=O)NCC2CCCO2)c(CC(C)C)nn1-c1ccccc1. The molecular weight excluding hydrogens is 314 g/mol. The summed E-state index contributed by atoms with van der Waals surface area (Å²) in [6.07, 6.45) is 3.01. The number of hydrogen-bond donors (Lipinski definition) is 1. The third kappa shape index (κ3) is 4.10. The first kappa shape index (κ1) is 17.7. The molecule has 1 N–H and O–H groups in total. The zero-order chi connectivity index (χ0) is 17.8. The number of carbonyl (C=O) groups excluding carboxylic acids is 1. The summed E-state index contributed by atoms with van der Waals surface area (Å²) in [5.74, 6) is 0.383. The van der Waals surface area contributed by atoms with Crippen molar-refractivity contribution in [2.45, 2.75) is 46.1 Å². The number of aromatic nitrogens is 2. The Morgan fingerprint density at radius 2 is 2.12 bits per heavy atom. The van der Waals surface area contributed by atoms with Crippen molar-refractivity contribution in [1.29, 1.82) is 0 Å². The van der Waals surface area contributed by atoms with Gasteiger partial charge in [-0.15, -0.1) is 0 Å². The lowest BCUT2D eigenvalue weighted by Gasteiger charge is -2.12. The molecule has 5 heteroatoms. The van der Waals surface area contributed by atoms with E-state index in [0.29, 0.717) is 18.0 Å². The minimum absolute atomic E-state index is 0.0502. The molecule has 2 heterocycles. The van der Waals surface area contributed by atoms with Crippen molar-refractivity contribution in [3.05, 3.63) is 47.3 Å². The molecule has 1 aliphatic rings. The monoisotopic (exact) mass is 341 g/mol. The fraction of sp³-hybridized carbons (Fsp3) is 0.500.